The highest BCUT2D eigenvalue weighted by atomic mass is 19.4. The lowest BCUT2D eigenvalue weighted by Crippen LogP contribution is -2.44. The highest BCUT2D eigenvalue weighted by Crippen LogP contribution is 2.41. The molecule has 26 heavy (non-hydrogen) atoms. The fourth-order valence-electron chi connectivity index (χ4n) is 2.15. The van der Waals surface area contributed by atoms with Gasteiger partial charge in [0.1, 0.15) is 0 Å². The largest absolute Gasteiger partial charge is 0.433 e. The quantitative estimate of drug-likeness (QED) is 0.619. The molecule has 2 rings (SSSR count). The zero-order chi connectivity index (χ0) is 19.6. The molecule has 0 aliphatic carbocycles. The lowest BCUT2D eigenvalue weighted by molar-refractivity contribution is -0.246. The Morgan fingerprint density at radius 2 is 0.808 bits per heavy atom. The minimum absolute atomic E-state index is 0.766. The molecule has 0 unspecified atom stereocenters. The van der Waals surface area contributed by atoms with Crippen molar-refractivity contribution < 1.29 is 36.6 Å². The van der Waals surface area contributed by atoms with E-state index in [2.05, 4.69) is 0 Å². The predicted molar refractivity (Wildman–Crippen MR) is 80.6 cm³/mol. The van der Waals surface area contributed by atoms with Gasteiger partial charge in [0, 0.05) is 11.1 Å². The third-order valence-corrected chi connectivity index (χ3v) is 3.63. The Kier molecular flexibility index (Phi) is 5.08. The summed E-state index contributed by atoms with van der Waals surface area (Å²) in [7, 11) is 0. The normalized spacial score (nSPS) is 16.8. The summed E-state index contributed by atoms with van der Waals surface area (Å²) >= 11 is 0. The molecule has 0 aromatic heterocycles. The summed E-state index contributed by atoms with van der Waals surface area (Å²) in [4.78, 5) is 0. The molecule has 0 amide bonds. The fourth-order valence-corrected chi connectivity index (χ4v) is 2.15. The average Bonchev–Trinajstić information content (AvgIpc) is 2.59. The van der Waals surface area contributed by atoms with Gasteiger partial charge in [-0.05, 0) is 11.8 Å². The lowest BCUT2D eigenvalue weighted by Gasteiger charge is -2.28. The van der Waals surface area contributed by atoms with E-state index in [1.54, 1.807) is 0 Å². The van der Waals surface area contributed by atoms with Crippen molar-refractivity contribution in [3.8, 4) is 11.8 Å². The first-order chi connectivity index (χ1) is 11.9. The van der Waals surface area contributed by atoms with Gasteiger partial charge >= 0.3 is 12.4 Å². The van der Waals surface area contributed by atoms with Crippen molar-refractivity contribution in [3.63, 3.8) is 0 Å². The second kappa shape index (κ2) is 6.67. The van der Waals surface area contributed by atoms with E-state index in [0.717, 1.165) is 24.3 Å². The molecule has 2 aromatic carbocycles. The van der Waals surface area contributed by atoms with E-state index in [1.807, 2.05) is 0 Å². The van der Waals surface area contributed by atoms with E-state index in [9.17, 15) is 36.6 Å². The Morgan fingerprint density at radius 3 is 1.04 bits per heavy atom. The topological polar surface area (TPSA) is 40.5 Å². The molecule has 0 bridgehead atoms. The van der Waals surface area contributed by atoms with Gasteiger partial charge in [0.05, 0.1) is 0 Å². The molecule has 138 valence electrons. The van der Waals surface area contributed by atoms with E-state index in [1.165, 1.54) is 48.2 Å². The summed E-state index contributed by atoms with van der Waals surface area (Å²) in [5.74, 6) is 2.42. The third kappa shape index (κ3) is 3.54. The van der Waals surface area contributed by atoms with Crippen LogP contribution in [0.1, 0.15) is 11.1 Å². The molecule has 0 spiro atoms. The van der Waals surface area contributed by atoms with Crippen LogP contribution in [0.15, 0.2) is 60.7 Å². The zero-order valence-corrected chi connectivity index (χ0v) is 12.9. The van der Waals surface area contributed by atoms with Crippen LogP contribution < -0.4 is 0 Å². The number of rotatable bonds is 2. The molecule has 0 aliphatic heterocycles. The molecule has 0 aliphatic rings. The van der Waals surface area contributed by atoms with Gasteiger partial charge in [0.15, 0.2) is 0 Å². The van der Waals surface area contributed by atoms with Crippen LogP contribution in [-0.4, -0.2) is 22.6 Å². The van der Waals surface area contributed by atoms with Gasteiger partial charge in [-0.3, -0.25) is 0 Å². The number of hydrogen-bond acceptors (Lipinski definition) is 2. The summed E-state index contributed by atoms with van der Waals surface area (Å²) in [6, 6.07) is 10.9. The summed E-state index contributed by atoms with van der Waals surface area (Å²) in [6.45, 7) is 0. The highest BCUT2D eigenvalue weighted by Gasteiger charge is 2.57. The van der Waals surface area contributed by atoms with Crippen molar-refractivity contribution >= 4 is 0 Å². The highest BCUT2D eigenvalue weighted by molar-refractivity contribution is 5.40. The molecular weight excluding hydrogens is 362 g/mol. The molecule has 2 atom stereocenters. The summed E-state index contributed by atoms with van der Waals surface area (Å²) in [6.07, 6.45) is -10.8. The average molecular weight is 374 g/mol. The maximum absolute atomic E-state index is 13.3. The van der Waals surface area contributed by atoms with Crippen molar-refractivity contribution in [2.45, 2.75) is 23.6 Å². The van der Waals surface area contributed by atoms with Crippen LogP contribution in [0, 0.1) is 11.8 Å². The molecule has 0 fully saturated rings. The Bertz CT molecular complexity index is 737. The van der Waals surface area contributed by atoms with Crippen LogP contribution in [0.5, 0.6) is 0 Å². The van der Waals surface area contributed by atoms with Crippen LogP contribution in [0.25, 0.3) is 0 Å². The smallest absolute Gasteiger partial charge is 0.366 e. The maximum atomic E-state index is 13.3. The van der Waals surface area contributed by atoms with Gasteiger partial charge in [-0.1, -0.05) is 60.7 Å². The first-order valence-corrected chi connectivity index (χ1v) is 7.15. The zero-order valence-electron chi connectivity index (χ0n) is 12.9. The Labute approximate surface area is 144 Å². The van der Waals surface area contributed by atoms with E-state index >= 15 is 0 Å². The van der Waals surface area contributed by atoms with E-state index < -0.39 is 34.7 Å². The molecule has 0 saturated carbocycles. The summed E-state index contributed by atoms with van der Waals surface area (Å²) < 4.78 is 80.1. The molecule has 0 saturated heterocycles. The van der Waals surface area contributed by atoms with E-state index in [-0.39, 0.29) is 0 Å². The second-order valence-electron chi connectivity index (χ2n) is 5.40. The minimum Gasteiger partial charge on any atom is -0.366 e. The molecule has 0 radical (unpaired) electrons. The number of hydrogen-bond donors (Lipinski definition) is 2. The van der Waals surface area contributed by atoms with Gasteiger partial charge in [-0.2, -0.15) is 26.3 Å². The van der Waals surface area contributed by atoms with Gasteiger partial charge in [-0.25, -0.2) is 0 Å². The Hall–Kier alpha value is -2.50. The van der Waals surface area contributed by atoms with Crippen molar-refractivity contribution in [2.24, 2.45) is 0 Å². The SMILES string of the molecule is O[C@](C#C[C@@](O)(c1ccccc1)C(F)(F)F)(c1ccccc1)C(F)(F)F. The van der Waals surface area contributed by atoms with Crippen LogP contribution in [-0.2, 0) is 11.2 Å². The molecule has 2 nitrogen and oxygen atoms in total. The first kappa shape index (κ1) is 19.8. The van der Waals surface area contributed by atoms with Crippen molar-refractivity contribution in [1.82, 2.24) is 0 Å². The first-order valence-electron chi connectivity index (χ1n) is 7.15. The number of benzene rings is 2. The van der Waals surface area contributed by atoms with Gasteiger partial charge in [-0.15, -0.1) is 0 Å². The minimum atomic E-state index is -5.40. The Balaban J connectivity index is 2.67. The molecule has 2 N–H and O–H groups in total. The number of aliphatic hydroxyl groups is 2. The monoisotopic (exact) mass is 374 g/mol. The Morgan fingerprint density at radius 1 is 0.538 bits per heavy atom. The molecular formula is C18H12F6O2. The molecule has 0 heterocycles. The van der Waals surface area contributed by atoms with Crippen molar-refractivity contribution in [3.05, 3.63) is 71.8 Å². The van der Waals surface area contributed by atoms with Gasteiger partial charge in [0.25, 0.3) is 0 Å². The van der Waals surface area contributed by atoms with E-state index in [0.29, 0.717) is 0 Å². The standard InChI is InChI=1S/C18H12F6O2/c19-17(20,21)15(25,13-7-3-1-4-8-13)11-12-16(26,18(22,23)24)14-9-5-2-6-10-14/h1-10,25-26H/t15-,16-/m1/s1. The summed E-state index contributed by atoms with van der Waals surface area (Å²) in [5.41, 5.74) is -9.31. The number of alkyl halides is 6. The van der Waals surface area contributed by atoms with Crippen LogP contribution in [0.2, 0.25) is 0 Å². The van der Waals surface area contributed by atoms with Crippen LogP contribution in [0.3, 0.4) is 0 Å². The molecule has 2 aromatic rings. The van der Waals surface area contributed by atoms with Gasteiger partial charge in [0.2, 0.25) is 11.2 Å². The summed E-state index contributed by atoms with van der Waals surface area (Å²) in [5, 5.41) is 20.0. The van der Waals surface area contributed by atoms with E-state index in [4.69, 9.17) is 0 Å². The van der Waals surface area contributed by atoms with Crippen molar-refractivity contribution in [2.75, 3.05) is 0 Å². The predicted octanol–water partition coefficient (Wildman–Crippen LogP) is 3.89. The van der Waals surface area contributed by atoms with Crippen molar-refractivity contribution in [1.29, 1.82) is 0 Å². The third-order valence-electron chi connectivity index (χ3n) is 3.63. The molecule has 8 heteroatoms. The van der Waals surface area contributed by atoms with Gasteiger partial charge < -0.3 is 10.2 Å². The van der Waals surface area contributed by atoms with Crippen LogP contribution in [0.4, 0.5) is 26.3 Å². The second-order valence-corrected chi connectivity index (χ2v) is 5.40. The fraction of sp³-hybridized carbons (Fsp3) is 0.222. The number of halogens is 6. The maximum Gasteiger partial charge on any atom is 0.433 e. The lowest BCUT2D eigenvalue weighted by atomic mass is 9.89. The van der Waals surface area contributed by atoms with Crippen LogP contribution >= 0.6 is 0 Å².